The van der Waals surface area contributed by atoms with Crippen LogP contribution >= 0.6 is 31.9 Å². The highest BCUT2D eigenvalue weighted by molar-refractivity contribution is 9.11. The summed E-state index contributed by atoms with van der Waals surface area (Å²) in [7, 11) is 0. The van der Waals surface area contributed by atoms with Crippen LogP contribution in [0.25, 0.3) is 6.08 Å². The molecule has 0 radical (unpaired) electrons. The van der Waals surface area contributed by atoms with E-state index in [2.05, 4.69) is 37.2 Å². The number of non-ortho nitro benzene ring substituents is 1. The Kier molecular flexibility index (Phi) is 7.27. The van der Waals surface area contributed by atoms with Crippen molar-refractivity contribution in [2.24, 2.45) is 0 Å². The van der Waals surface area contributed by atoms with Crippen LogP contribution in [-0.2, 0) is 4.79 Å². The monoisotopic (exact) mass is 504 g/mol. The second-order valence-corrected chi connectivity index (χ2v) is 6.90. The molecule has 0 unspecified atom stereocenters. The Balaban J connectivity index is 2.27. The third-order valence-corrected chi connectivity index (χ3v) is 4.47. The van der Waals surface area contributed by atoms with E-state index in [0.717, 1.165) is 0 Å². The first-order valence-corrected chi connectivity index (χ1v) is 9.10. The lowest BCUT2D eigenvalue weighted by Crippen LogP contribution is -2.13. The van der Waals surface area contributed by atoms with Crippen molar-refractivity contribution >= 4 is 55.2 Å². The van der Waals surface area contributed by atoms with Crippen molar-refractivity contribution in [3.05, 3.63) is 66.6 Å². The Morgan fingerprint density at radius 3 is 2.50 bits per heavy atom. The summed E-state index contributed by atoms with van der Waals surface area (Å²) in [6.45, 7) is -0.137. The van der Waals surface area contributed by atoms with Crippen LogP contribution in [0.4, 0.5) is 11.4 Å². The van der Waals surface area contributed by atoms with Gasteiger partial charge in [-0.05, 0) is 61.7 Å². The van der Waals surface area contributed by atoms with Crippen LogP contribution in [0.15, 0.2) is 50.9 Å². The number of nitrogens with zero attached hydrogens (tertiary/aromatic N) is 3. The van der Waals surface area contributed by atoms with E-state index in [-0.39, 0.29) is 23.6 Å². The van der Waals surface area contributed by atoms with Crippen molar-refractivity contribution in [3.63, 3.8) is 0 Å². The zero-order valence-electron chi connectivity index (χ0n) is 14.0. The van der Waals surface area contributed by atoms with Gasteiger partial charge in [-0.2, -0.15) is 10.5 Å². The van der Waals surface area contributed by atoms with Crippen LogP contribution in [0.5, 0.6) is 5.75 Å². The molecule has 0 saturated heterocycles. The van der Waals surface area contributed by atoms with Crippen molar-refractivity contribution in [1.29, 1.82) is 10.5 Å². The predicted molar refractivity (Wildman–Crippen MR) is 108 cm³/mol. The number of rotatable bonds is 6. The maximum absolute atomic E-state index is 12.4. The zero-order chi connectivity index (χ0) is 20.7. The summed E-state index contributed by atoms with van der Waals surface area (Å²) in [6.07, 6.45) is 1.36. The lowest BCUT2D eigenvalue weighted by atomic mass is 10.1. The molecule has 28 heavy (non-hydrogen) atoms. The van der Waals surface area contributed by atoms with E-state index in [1.165, 1.54) is 30.3 Å². The molecule has 0 aromatic heterocycles. The lowest BCUT2D eigenvalue weighted by Gasteiger charge is -2.09. The molecule has 0 atom stereocenters. The van der Waals surface area contributed by atoms with Gasteiger partial charge in [-0.1, -0.05) is 6.07 Å². The topological polar surface area (TPSA) is 129 Å². The van der Waals surface area contributed by atoms with Crippen molar-refractivity contribution in [2.75, 3.05) is 11.9 Å². The first-order chi connectivity index (χ1) is 13.3. The molecule has 0 saturated carbocycles. The Morgan fingerprint density at radius 1 is 1.25 bits per heavy atom. The minimum atomic E-state index is -0.708. The van der Waals surface area contributed by atoms with Crippen LogP contribution in [0, 0.1) is 32.8 Å². The summed E-state index contributed by atoms with van der Waals surface area (Å²) in [4.78, 5) is 22.6. The SMILES string of the molecule is N#CCOc1c(Br)cc(/C=C(\C#N)C(=O)Nc2cccc([N+](=O)[O-])c2)cc1Br. The summed E-state index contributed by atoms with van der Waals surface area (Å²) in [6, 6.07) is 12.3. The fourth-order valence-electron chi connectivity index (χ4n) is 2.12. The van der Waals surface area contributed by atoms with Gasteiger partial charge in [0.2, 0.25) is 0 Å². The molecule has 8 nitrogen and oxygen atoms in total. The third-order valence-electron chi connectivity index (χ3n) is 3.29. The summed E-state index contributed by atoms with van der Waals surface area (Å²) in [5.74, 6) is -0.293. The molecule has 2 aromatic rings. The van der Waals surface area contributed by atoms with Crippen LogP contribution in [-0.4, -0.2) is 17.4 Å². The second-order valence-electron chi connectivity index (χ2n) is 5.19. The van der Waals surface area contributed by atoms with Crippen LogP contribution < -0.4 is 10.1 Å². The molecule has 0 aliphatic carbocycles. The smallest absolute Gasteiger partial charge is 0.271 e. The van der Waals surface area contributed by atoms with Crippen molar-refractivity contribution < 1.29 is 14.5 Å². The van der Waals surface area contributed by atoms with E-state index in [9.17, 15) is 20.2 Å². The first kappa shape index (κ1) is 21.1. The van der Waals surface area contributed by atoms with Crippen LogP contribution in [0.3, 0.4) is 0 Å². The fraction of sp³-hybridized carbons (Fsp3) is 0.0556. The Bertz CT molecular complexity index is 1030. The van der Waals surface area contributed by atoms with Crippen molar-refractivity contribution in [2.45, 2.75) is 0 Å². The molecule has 2 aromatic carbocycles. The van der Waals surface area contributed by atoms with Crippen LogP contribution in [0.2, 0.25) is 0 Å². The predicted octanol–water partition coefficient (Wildman–Crippen LogP) is 4.57. The second kappa shape index (κ2) is 9.65. The average molecular weight is 506 g/mol. The number of anilines is 1. The lowest BCUT2D eigenvalue weighted by molar-refractivity contribution is -0.384. The van der Waals surface area contributed by atoms with Gasteiger partial charge in [0.05, 0.1) is 13.9 Å². The number of halogens is 2. The summed E-state index contributed by atoms with van der Waals surface area (Å²) in [5, 5.41) is 31.2. The highest BCUT2D eigenvalue weighted by atomic mass is 79.9. The standard InChI is InChI=1S/C18H10Br2N4O4/c19-15-7-11(8-16(20)17(15)28-5-4-21)6-12(10-22)18(25)23-13-2-1-3-14(9-13)24(26)27/h1-3,6-9H,5H2,(H,23,25)/b12-6+. The number of ether oxygens (including phenoxy) is 1. The number of benzene rings is 2. The molecule has 0 heterocycles. The third kappa shape index (κ3) is 5.39. The van der Waals surface area contributed by atoms with E-state index in [4.69, 9.17) is 10.00 Å². The van der Waals surface area contributed by atoms with Gasteiger partial charge in [0.25, 0.3) is 11.6 Å². The molecular weight excluding hydrogens is 496 g/mol. The summed E-state index contributed by atoms with van der Waals surface area (Å²) >= 11 is 6.62. The van der Waals surface area contributed by atoms with Gasteiger partial charge >= 0.3 is 0 Å². The molecular formula is C18H10Br2N4O4. The van der Waals surface area contributed by atoms with Gasteiger partial charge in [0.15, 0.2) is 6.61 Å². The highest BCUT2D eigenvalue weighted by Gasteiger charge is 2.14. The van der Waals surface area contributed by atoms with Gasteiger partial charge in [0.1, 0.15) is 23.5 Å². The minimum Gasteiger partial charge on any atom is -0.476 e. The molecule has 1 amide bonds. The number of nitriles is 2. The summed E-state index contributed by atoms with van der Waals surface area (Å²) < 4.78 is 6.34. The largest absolute Gasteiger partial charge is 0.476 e. The quantitative estimate of drug-likeness (QED) is 0.265. The van der Waals surface area contributed by atoms with Gasteiger partial charge in [-0.25, -0.2) is 0 Å². The number of carbonyl (C=O) groups excluding carboxylic acids is 1. The molecule has 0 aliphatic rings. The maximum Gasteiger partial charge on any atom is 0.271 e. The average Bonchev–Trinajstić information content (AvgIpc) is 2.65. The molecule has 0 spiro atoms. The number of nitrogens with one attached hydrogen (secondary N) is 1. The zero-order valence-corrected chi connectivity index (χ0v) is 17.2. The van der Waals surface area contributed by atoms with Crippen LogP contribution in [0.1, 0.15) is 5.56 Å². The minimum absolute atomic E-state index is 0.137. The Labute approximate surface area is 176 Å². The van der Waals surface area contributed by atoms with Gasteiger partial charge < -0.3 is 10.1 Å². The van der Waals surface area contributed by atoms with E-state index >= 15 is 0 Å². The maximum atomic E-state index is 12.4. The molecule has 0 aliphatic heterocycles. The molecule has 0 bridgehead atoms. The molecule has 10 heteroatoms. The van der Waals surface area contributed by atoms with E-state index in [1.54, 1.807) is 18.2 Å². The van der Waals surface area contributed by atoms with Gasteiger partial charge in [0, 0.05) is 17.8 Å². The van der Waals surface area contributed by atoms with Gasteiger partial charge in [-0.3, -0.25) is 14.9 Å². The molecule has 0 fully saturated rings. The number of hydrogen-bond acceptors (Lipinski definition) is 6. The molecule has 2 rings (SSSR count). The Morgan fingerprint density at radius 2 is 1.93 bits per heavy atom. The fourth-order valence-corrected chi connectivity index (χ4v) is 3.57. The normalized spacial score (nSPS) is 10.5. The van der Waals surface area contributed by atoms with E-state index < -0.39 is 10.8 Å². The van der Waals surface area contributed by atoms with E-state index in [0.29, 0.717) is 20.3 Å². The first-order valence-electron chi connectivity index (χ1n) is 7.52. The summed E-state index contributed by atoms with van der Waals surface area (Å²) in [5.41, 5.74) is 0.342. The molecule has 1 N–H and O–H groups in total. The van der Waals surface area contributed by atoms with E-state index in [1.807, 2.05) is 6.07 Å². The van der Waals surface area contributed by atoms with Crippen molar-refractivity contribution in [1.82, 2.24) is 0 Å². The number of carbonyl (C=O) groups is 1. The molecule has 140 valence electrons. The van der Waals surface area contributed by atoms with Gasteiger partial charge in [-0.15, -0.1) is 0 Å². The highest BCUT2D eigenvalue weighted by Crippen LogP contribution is 2.35. The number of nitro groups is 1. The number of hydrogen-bond donors (Lipinski definition) is 1. The van der Waals surface area contributed by atoms with Crippen molar-refractivity contribution in [3.8, 4) is 17.9 Å². The number of nitro benzene ring substituents is 1. The number of amides is 1. The Hall–Kier alpha value is -3.21.